The van der Waals surface area contributed by atoms with Crippen LogP contribution in [-0.2, 0) is 34.6 Å². The maximum atomic E-state index is 13.7. The van der Waals surface area contributed by atoms with Gasteiger partial charge in [0.1, 0.15) is 11.7 Å². The van der Waals surface area contributed by atoms with Crippen LogP contribution in [0.3, 0.4) is 0 Å². The minimum Gasteiger partial charge on any atom is -0.408 e. The SMILES string of the molecule is CC(C)CC(NC(=O)[C@@H](Cc1ccccc1)NC(=O)c1cnccn1)B1OCCN(CCNC(=O)CC(O)(C2O[C@@H]2O)P(=O)(O)O)CCO1. The summed E-state index contributed by atoms with van der Waals surface area (Å²) in [4.78, 5) is 68.1. The summed E-state index contributed by atoms with van der Waals surface area (Å²) in [6.45, 7) is 5.84. The predicted molar refractivity (Wildman–Crippen MR) is 174 cm³/mol. The zero-order valence-corrected chi connectivity index (χ0v) is 28.3. The second kappa shape index (κ2) is 17.6. The first-order valence-corrected chi connectivity index (χ1v) is 17.6. The molecule has 5 atom stereocenters. The van der Waals surface area contributed by atoms with Crippen LogP contribution < -0.4 is 16.0 Å². The van der Waals surface area contributed by atoms with E-state index >= 15 is 0 Å². The molecule has 7 N–H and O–H groups in total. The molecule has 49 heavy (non-hydrogen) atoms. The number of hydrogen-bond donors (Lipinski definition) is 7. The van der Waals surface area contributed by atoms with E-state index in [1.54, 1.807) is 0 Å². The molecule has 19 heteroatoms. The van der Waals surface area contributed by atoms with Gasteiger partial charge < -0.3 is 50.0 Å². The zero-order valence-electron chi connectivity index (χ0n) is 27.4. The van der Waals surface area contributed by atoms with Gasteiger partial charge in [0.05, 0.1) is 18.6 Å². The molecule has 3 amide bonds. The summed E-state index contributed by atoms with van der Waals surface area (Å²) in [5.41, 5.74) is 0.934. The number of rotatable bonds is 16. The van der Waals surface area contributed by atoms with Gasteiger partial charge in [0.2, 0.25) is 17.2 Å². The van der Waals surface area contributed by atoms with Crippen molar-refractivity contribution in [3.63, 3.8) is 0 Å². The van der Waals surface area contributed by atoms with Gasteiger partial charge in [-0.15, -0.1) is 0 Å². The Labute approximate surface area is 284 Å². The first-order valence-electron chi connectivity index (χ1n) is 16.0. The average molecular weight is 706 g/mol. The number of aliphatic hydroxyl groups excluding tert-OH is 1. The Morgan fingerprint density at radius 3 is 2.35 bits per heavy atom. The van der Waals surface area contributed by atoms with Crippen LogP contribution in [0.25, 0.3) is 0 Å². The van der Waals surface area contributed by atoms with Crippen molar-refractivity contribution in [2.45, 2.75) is 62.8 Å². The Kier molecular flexibility index (Phi) is 13.8. The molecule has 268 valence electrons. The summed E-state index contributed by atoms with van der Waals surface area (Å²) >= 11 is 0. The fraction of sp³-hybridized carbons (Fsp3) is 0.567. The van der Waals surface area contributed by atoms with Crippen LogP contribution in [0.1, 0.15) is 42.7 Å². The summed E-state index contributed by atoms with van der Waals surface area (Å²) in [6.07, 6.45) is 0.871. The highest BCUT2D eigenvalue weighted by Gasteiger charge is 2.63. The maximum Gasteiger partial charge on any atom is 0.480 e. The van der Waals surface area contributed by atoms with Crippen LogP contribution in [0.15, 0.2) is 48.9 Å². The lowest BCUT2D eigenvalue weighted by Gasteiger charge is -2.32. The summed E-state index contributed by atoms with van der Waals surface area (Å²) in [5, 5.41) is 25.3. The number of ether oxygens (including phenoxy) is 1. The Morgan fingerprint density at radius 2 is 1.78 bits per heavy atom. The molecule has 0 saturated carbocycles. The van der Waals surface area contributed by atoms with Crippen molar-refractivity contribution in [2.24, 2.45) is 5.92 Å². The third-order valence-electron chi connectivity index (χ3n) is 8.06. The molecule has 17 nitrogen and oxygen atoms in total. The van der Waals surface area contributed by atoms with Crippen LogP contribution in [0, 0.1) is 5.92 Å². The molecule has 0 aliphatic carbocycles. The molecule has 1 aromatic heterocycles. The normalized spacial score (nSPS) is 21.1. The van der Waals surface area contributed by atoms with Gasteiger partial charge in [0, 0.05) is 58.2 Å². The van der Waals surface area contributed by atoms with Crippen molar-refractivity contribution in [3.8, 4) is 0 Å². The highest BCUT2D eigenvalue weighted by atomic mass is 31.2. The van der Waals surface area contributed by atoms with Gasteiger partial charge in [-0.2, -0.15) is 0 Å². The summed E-state index contributed by atoms with van der Waals surface area (Å²) in [5.74, 6) is -2.13. The maximum absolute atomic E-state index is 13.7. The number of carbonyl (C=O) groups is 3. The number of carbonyl (C=O) groups excluding carboxylic acids is 3. The van der Waals surface area contributed by atoms with E-state index in [1.807, 2.05) is 49.1 Å². The second-order valence-corrected chi connectivity index (χ2v) is 14.3. The fourth-order valence-electron chi connectivity index (χ4n) is 5.41. The number of nitrogens with zero attached hydrogens (tertiary/aromatic N) is 3. The molecule has 4 rings (SSSR count). The van der Waals surface area contributed by atoms with Crippen LogP contribution in [0.4, 0.5) is 0 Å². The molecule has 3 heterocycles. The fourth-order valence-corrected chi connectivity index (χ4v) is 6.28. The average Bonchev–Trinajstić information content (AvgIpc) is 3.78. The summed E-state index contributed by atoms with van der Waals surface area (Å²) in [7, 11) is -5.97. The van der Waals surface area contributed by atoms with Crippen LogP contribution in [-0.4, -0.2) is 129 Å². The van der Waals surface area contributed by atoms with Crippen molar-refractivity contribution in [1.29, 1.82) is 0 Å². The predicted octanol–water partition coefficient (Wildman–Crippen LogP) is -1.19. The van der Waals surface area contributed by atoms with E-state index in [0.29, 0.717) is 26.1 Å². The van der Waals surface area contributed by atoms with E-state index in [1.165, 1.54) is 18.6 Å². The smallest absolute Gasteiger partial charge is 0.408 e. The lowest BCUT2D eigenvalue weighted by Crippen LogP contribution is -2.57. The summed E-state index contributed by atoms with van der Waals surface area (Å²) in [6, 6.07) is 8.39. The molecule has 2 saturated heterocycles. The zero-order chi connectivity index (χ0) is 35.6. The minimum atomic E-state index is -5.20. The minimum absolute atomic E-state index is 0.0817. The van der Waals surface area contributed by atoms with Gasteiger partial charge in [-0.05, 0) is 17.9 Å². The topological polar surface area (TPSA) is 245 Å². The van der Waals surface area contributed by atoms with Crippen LogP contribution in [0.5, 0.6) is 0 Å². The van der Waals surface area contributed by atoms with Gasteiger partial charge >= 0.3 is 14.7 Å². The standard InChI is InChI=1S/C30H44BN6O11P/c1-20(2)16-24(36-27(39)22(17-21-6-4-3-5-7-21)35-28(40)23-19-32-8-9-33-23)31-46-14-12-37(13-15-47-31)11-10-34-25(38)18-30(42,49(43,44)45)26-29(41)48-26/h3-9,19-20,22,24,26,29,41-42H,10-18H2,1-2H3,(H,34,38)(H,35,40)(H,36,39)(H2,43,44,45)/t22-,24?,26?,29+,30?/m1/s1. The van der Waals surface area contributed by atoms with Crippen molar-refractivity contribution in [1.82, 2.24) is 30.8 Å². The third-order valence-corrected chi connectivity index (χ3v) is 9.48. The molecule has 2 aliphatic heterocycles. The van der Waals surface area contributed by atoms with Crippen molar-refractivity contribution >= 4 is 32.4 Å². The van der Waals surface area contributed by atoms with E-state index in [0.717, 1.165) is 5.56 Å². The monoisotopic (exact) mass is 706 g/mol. The highest BCUT2D eigenvalue weighted by Crippen LogP contribution is 2.57. The first kappa shape index (κ1) is 38.5. The van der Waals surface area contributed by atoms with Gasteiger partial charge in [-0.25, -0.2) is 4.98 Å². The molecule has 0 bridgehead atoms. The molecule has 3 unspecified atom stereocenters. The van der Waals surface area contributed by atoms with Gasteiger partial charge in [-0.3, -0.25) is 28.8 Å². The van der Waals surface area contributed by atoms with E-state index in [2.05, 4.69) is 30.7 Å². The van der Waals surface area contributed by atoms with Crippen LogP contribution >= 0.6 is 7.60 Å². The Balaban J connectivity index is 1.31. The second-order valence-electron chi connectivity index (χ2n) is 12.4. The number of hydrogen-bond acceptors (Lipinski definition) is 12. The van der Waals surface area contributed by atoms with Crippen molar-refractivity contribution in [2.75, 3.05) is 39.4 Å². The molecule has 0 spiro atoms. The lowest BCUT2D eigenvalue weighted by atomic mass is 9.73. The van der Waals surface area contributed by atoms with E-state index in [4.69, 9.17) is 9.31 Å². The molecular weight excluding hydrogens is 662 g/mol. The van der Waals surface area contributed by atoms with E-state index in [-0.39, 0.29) is 37.8 Å². The quantitative estimate of drug-likeness (QED) is 0.0617. The van der Waals surface area contributed by atoms with Crippen molar-refractivity contribution in [3.05, 3.63) is 60.2 Å². The number of epoxide rings is 1. The number of nitrogens with one attached hydrogen (secondary N) is 3. The number of aliphatic hydroxyl groups is 2. The molecule has 2 aromatic rings. The van der Waals surface area contributed by atoms with Gasteiger partial charge in [0.25, 0.3) is 5.91 Å². The molecule has 2 fully saturated rings. The molecule has 0 radical (unpaired) electrons. The Morgan fingerprint density at radius 1 is 1.10 bits per heavy atom. The number of benzene rings is 1. The van der Waals surface area contributed by atoms with Gasteiger partial charge in [-0.1, -0.05) is 44.2 Å². The van der Waals surface area contributed by atoms with E-state index < -0.39 is 68.6 Å². The molecule has 2 aliphatic rings. The largest absolute Gasteiger partial charge is 0.480 e. The lowest BCUT2D eigenvalue weighted by molar-refractivity contribution is -0.125. The number of amides is 3. The Hall–Kier alpha value is -3.32. The third kappa shape index (κ3) is 11.4. The van der Waals surface area contributed by atoms with E-state index in [9.17, 15) is 38.9 Å². The molecular formula is C30H44BN6O11P. The Bertz CT molecular complexity index is 1430. The highest BCUT2D eigenvalue weighted by molar-refractivity contribution is 7.53. The van der Waals surface area contributed by atoms with Crippen molar-refractivity contribution < 1.29 is 53.0 Å². The van der Waals surface area contributed by atoms with Crippen LogP contribution in [0.2, 0.25) is 0 Å². The van der Waals surface area contributed by atoms with Gasteiger partial charge in [0.15, 0.2) is 12.4 Å². The number of aromatic nitrogens is 2. The first-order chi connectivity index (χ1) is 23.3. The summed E-state index contributed by atoms with van der Waals surface area (Å²) < 4.78 is 28.6. The molecule has 1 aromatic carbocycles.